The van der Waals surface area contributed by atoms with Crippen LogP contribution in [-0.4, -0.2) is 41.3 Å². The molecule has 0 amide bonds. The van der Waals surface area contributed by atoms with Crippen molar-refractivity contribution >= 4 is 25.7 Å². The summed E-state index contributed by atoms with van der Waals surface area (Å²) in [5.74, 6) is 0.244. The Bertz CT molecular complexity index is 1110. The molecule has 0 saturated heterocycles. The fourth-order valence-corrected chi connectivity index (χ4v) is 6.16. The van der Waals surface area contributed by atoms with Gasteiger partial charge < -0.3 is 4.74 Å². The van der Waals surface area contributed by atoms with E-state index in [1.54, 1.807) is 26.0 Å². The Hall–Kier alpha value is -2.10. The molecule has 0 atom stereocenters. The number of hydrogen-bond acceptors (Lipinski definition) is 5. The fourth-order valence-electron chi connectivity index (χ4n) is 3.56. The van der Waals surface area contributed by atoms with Crippen molar-refractivity contribution < 1.29 is 21.6 Å². The molecule has 7 nitrogen and oxygen atoms in total. The quantitative estimate of drug-likeness (QED) is 0.684. The van der Waals surface area contributed by atoms with Gasteiger partial charge in [-0.3, -0.25) is 4.72 Å². The molecular formula is C20H26N2O5S2. The molecule has 2 aromatic carbocycles. The molecule has 0 aliphatic heterocycles. The summed E-state index contributed by atoms with van der Waals surface area (Å²) in [5, 5.41) is 0. The lowest BCUT2D eigenvalue weighted by molar-refractivity contribution is 0.416. The van der Waals surface area contributed by atoms with Crippen molar-refractivity contribution in [2.45, 2.75) is 42.9 Å². The maximum atomic E-state index is 13.0. The molecular weight excluding hydrogens is 412 g/mol. The number of fused-ring (bicyclic) bond motifs is 1. The summed E-state index contributed by atoms with van der Waals surface area (Å²) in [4.78, 5) is 0.158. The van der Waals surface area contributed by atoms with Gasteiger partial charge in [0.25, 0.3) is 10.0 Å². The Morgan fingerprint density at radius 3 is 2.24 bits per heavy atom. The van der Waals surface area contributed by atoms with E-state index in [1.807, 2.05) is 6.07 Å². The lowest BCUT2D eigenvalue weighted by atomic mass is 10.1. The van der Waals surface area contributed by atoms with Gasteiger partial charge in [-0.1, -0.05) is 19.9 Å². The van der Waals surface area contributed by atoms with E-state index in [4.69, 9.17) is 4.74 Å². The van der Waals surface area contributed by atoms with E-state index in [-0.39, 0.29) is 21.2 Å². The van der Waals surface area contributed by atoms with Crippen LogP contribution in [0.5, 0.6) is 5.75 Å². The minimum absolute atomic E-state index is 0.00801. The number of rotatable bonds is 8. The summed E-state index contributed by atoms with van der Waals surface area (Å²) < 4.78 is 60.6. The van der Waals surface area contributed by atoms with E-state index in [1.165, 1.54) is 35.2 Å². The summed E-state index contributed by atoms with van der Waals surface area (Å²) in [6, 6.07) is 9.28. The number of anilines is 1. The highest BCUT2D eigenvalue weighted by Gasteiger charge is 2.25. The fraction of sp³-hybridized carbons (Fsp3) is 0.400. The second-order valence-electron chi connectivity index (χ2n) is 6.84. The average Bonchev–Trinajstić information content (AvgIpc) is 3.16. The third-order valence-electron chi connectivity index (χ3n) is 5.14. The Kier molecular flexibility index (Phi) is 6.21. The monoisotopic (exact) mass is 438 g/mol. The number of ether oxygens (including phenoxy) is 1. The predicted octanol–water partition coefficient (Wildman–Crippen LogP) is 3.02. The first kappa shape index (κ1) is 21.6. The van der Waals surface area contributed by atoms with Crippen LogP contribution in [0.2, 0.25) is 0 Å². The van der Waals surface area contributed by atoms with Crippen LogP contribution in [0.3, 0.4) is 0 Å². The molecule has 3 rings (SSSR count). The highest BCUT2D eigenvalue weighted by molar-refractivity contribution is 7.92. The Labute approximate surface area is 172 Å². The minimum Gasteiger partial charge on any atom is -0.495 e. The van der Waals surface area contributed by atoms with Gasteiger partial charge >= 0.3 is 0 Å². The van der Waals surface area contributed by atoms with Gasteiger partial charge in [0.1, 0.15) is 5.75 Å². The first-order valence-electron chi connectivity index (χ1n) is 9.55. The molecule has 0 spiro atoms. The third-order valence-corrected chi connectivity index (χ3v) is 8.55. The van der Waals surface area contributed by atoms with Crippen molar-refractivity contribution in [3.63, 3.8) is 0 Å². The summed E-state index contributed by atoms with van der Waals surface area (Å²) >= 11 is 0. The van der Waals surface area contributed by atoms with Crippen LogP contribution in [-0.2, 0) is 32.9 Å². The van der Waals surface area contributed by atoms with Gasteiger partial charge in [-0.05, 0) is 60.7 Å². The first-order valence-corrected chi connectivity index (χ1v) is 12.5. The number of nitrogens with zero attached hydrogens (tertiary/aromatic N) is 1. The summed E-state index contributed by atoms with van der Waals surface area (Å²) in [7, 11) is -6.23. The van der Waals surface area contributed by atoms with Gasteiger partial charge in [0, 0.05) is 13.1 Å². The van der Waals surface area contributed by atoms with Crippen molar-refractivity contribution in [2.24, 2.45) is 0 Å². The molecule has 2 aromatic rings. The normalized spacial score (nSPS) is 14.1. The summed E-state index contributed by atoms with van der Waals surface area (Å²) in [5.41, 5.74) is 2.30. The van der Waals surface area contributed by atoms with Crippen LogP contribution >= 0.6 is 0 Å². The molecule has 0 radical (unpaired) electrons. The van der Waals surface area contributed by atoms with E-state index in [2.05, 4.69) is 4.72 Å². The topological polar surface area (TPSA) is 92.8 Å². The Balaban J connectivity index is 1.99. The molecule has 0 bridgehead atoms. The highest BCUT2D eigenvalue weighted by Crippen LogP contribution is 2.32. The van der Waals surface area contributed by atoms with E-state index in [0.29, 0.717) is 13.1 Å². The predicted molar refractivity (Wildman–Crippen MR) is 112 cm³/mol. The molecule has 0 aromatic heterocycles. The zero-order valence-corrected chi connectivity index (χ0v) is 18.4. The van der Waals surface area contributed by atoms with Crippen molar-refractivity contribution in [3.05, 3.63) is 47.5 Å². The molecule has 29 heavy (non-hydrogen) atoms. The second kappa shape index (κ2) is 8.33. The summed E-state index contributed by atoms with van der Waals surface area (Å²) in [6.07, 6.45) is 2.84. The van der Waals surface area contributed by atoms with Crippen LogP contribution in [0.15, 0.2) is 46.2 Å². The zero-order valence-electron chi connectivity index (χ0n) is 16.8. The highest BCUT2D eigenvalue weighted by atomic mass is 32.2. The molecule has 158 valence electrons. The van der Waals surface area contributed by atoms with Gasteiger partial charge in [-0.15, -0.1) is 0 Å². The number of benzene rings is 2. The van der Waals surface area contributed by atoms with Gasteiger partial charge in [-0.25, -0.2) is 16.8 Å². The van der Waals surface area contributed by atoms with Crippen LogP contribution in [0.4, 0.5) is 5.69 Å². The number of hydrogen-bond donors (Lipinski definition) is 1. The zero-order chi connectivity index (χ0) is 21.2. The van der Waals surface area contributed by atoms with Crippen LogP contribution < -0.4 is 9.46 Å². The number of sulfonamides is 2. The molecule has 0 saturated carbocycles. The van der Waals surface area contributed by atoms with Gasteiger partial charge in [0.15, 0.2) is 0 Å². The lowest BCUT2D eigenvalue weighted by Gasteiger charge is -2.20. The molecule has 1 N–H and O–H groups in total. The largest absolute Gasteiger partial charge is 0.495 e. The van der Waals surface area contributed by atoms with Crippen molar-refractivity contribution in [3.8, 4) is 5.75 Å². The maximum Gasteiger partial charge on any atom is 0.262 e. The third kappa shape index (κ3) is 4.26. The van der Waals surface area contributed by atoms with E-state index < -0.39 is 20.0 Å². The molecule has 0 unspecified atom stereocenters. The number of methoxy groups -OCH3 is 1. The summed E-state index contributed by atoms with van der Waals surface area (Å²) in [6.45, 7) is 4.15. The Morgan fingerprint density at radius 2 is 1.59 bits per heavy atom. The van der Waals surface area contributed by atoms with Crippen LogP contribution in [0.1, 0.15) is 31.4 Å². The van der Waals surface area contributed by atoms with Crippen molar-refractivity contribution in [1.82, 2.24) is 4.31 Å². The Morgan fingerprint density at radius 1 is 0.931 bits per heavy atom. The number of aryl methyl sites for hydroxylation is 2. The van der Waals surface area contributed by atoms with E-state index in [9.17, 15) is 16.8 Å². The van der Waals surface area contributed by atoms with E-state index >= 15 is 0 Å². The van der Waals surface area contributed by atoms with Crippen LogP contribution in [0.25, 0.3) is 0 Å². The smallest absolute Gasteiger partial charge is 0.262 e. The molecule has 0 heterocycles. The lowest BCUT2D eigenvalue weighted by Crippen LogP contribution is -2.30. The molecule has 1 aliphatic carbocycles. The molecule has 0 fully saturated rings. The first-order chi connectivity index (χ1) is 13.7. The number of nitrogens with one attached hydrogen (secondary N) is 1. The van der Waals surface area contributed by atoms with Gasteiger partial charge in [-0.2, -0.15) is 4.31 Å². The molecule has 9 heteroatoms. The second-order valence-corrected chi connectivity index (χ2v) is 10.5. The van der Waals surface area contributed by atoms with Crippen molar-refractivity contribution in [2.75, 3.05) is 24.9 Å². The van der Waals surface area contributed by atoms with Gasteiger partial charge in [0.2, 0.25) is 10.0 Å². The standard InChI is InChI=1S/C20H26N2O5S2/c1-4-22(5-2)29(25,26)18-11-12-20(27-3)19(14-18)21-28(23,24)17-10-9-15-7-6-8-16(15)13-17/h9-14,21H,4-8H2,1-3H3. The minimum atomic E-state index is -3.90. The average molecular weight is 439 g/mol. The molecule has 1 aliphatic rings. The van der Waals surface area contributed by atoms with Crippen LogP contribution in [0, 0.1) is 0 Å². The van der Waals surface area contributed by atoms with Gasteiger partial charge in [0.05, 0.1) is 22.6 Å². The van der Waals surface area contributed by atoms with Crippen molar-refractivity contribution in [1.29, 1.82) is 0 Å². The maximum absolute atomic E-state index is 13.0. The van der Waals surface area contributed by atoms with E-state index in [0.717, 1.165) is 24.8 Å². The SMILES string of the molecule is CCN(CC)S(=O)(=O)c1ccc(OC)c(NS(=O)(=O)c2ccc3c(c2)CCC3)c1.